The van der Waals surface area contributed by atoms with Gasteiger partial charge >= 0.3 is 0 Å². The Balaban J connectivity index is 1.57. The molecule has 4 aromatic rings. The second-order valence-electron chi connectivity index (χ2n) is 7.41. The Morgan fingerprint density at radius 2 is 1.94 bits per heavy atom. The molecule has 1 atom stereocenters. The van der Waals surface area contributed by atoms with Crippen LogP contribution in [0.15, 0.2) is 68.5 Å². The van der Waals surface area contributed by atoms with Crippen LogP contribution in [-0.4, -0.2) is 23.4 Å². The van der Waals surface area contributed by atoms with Gasteiger partial charge in [0.2, 0.25) is 5.89 Å². The van der Waals surface area contributed by atoms with Crippen LogP contribution >= 0.6 is 15.9 Å². The number of aromatic nitrogens is 1. The van der Waals surface area contributed by atoms with Crippen LogP contribution in [0.3, 0.4) is 0 Å². The summed E-state index contributed by atoms with van der Waals surface area (Å²) < 4.78 is 11.9. The molecule has 5 nitrogen and oxygen atoms in total. The average molecular weight is 479 g/mol. The van der Waals surface area contributed by atoms with Crippen LogP contribution in [0, 0.1) is 0 Å². The summed E-state index contributed by atoms with van der Waals surface area (Å²) in [5.74, 6) is 1.51. The van der Waals surface area contributed by atoms with Crippen molar-refractivity contribution in [1.29, 1.82) is 0 Å². The highest BCUT2D eigenvalue weighted by molar-refractivity contribution is 9.10. The van der Waals surface area contributed by atoms with Crippen molar-refractivity contribution in [3.63, 3.8) is 0 Å². The number of hydrogen-bond acceptors (Lipinski definition) is 5. The topological polar surface area (TPSA) is 67.9 Å². The third kappa shape index (κ3) is 4.49. The fraction of sp³-hybridized carbons (Fsp3) is 0.200. The maximum atomic E-state index is 10.3. The van der Waals surface area contributed by atoms with Gasteiger partial charge in [-0.2, -0.15) is 0 Å². The lowest BCUT2D eigenvalue weighted by molar-refractivity contribution is 0.373. The molecule has 0 aliphatic heterocycles. The van der Waals surface area contributed by atoms with E-state index in [-0.39, 0.29) is 5.75 Å². The minimum Gasteiger partial charge on any atom is -0.504 e. The van der Waals surface area contributed by atoms with E-state index in [1.54, 1.807) is 18.3 Å². The number of ether oxygens (including phenoxy) is 1. The first-order valence-electron chi connectivity index (χ1n) is 10.1. The zero-order valence-corrected chi connectivity index (χ0v) is 19.2. The van der Waals surface area contributed by atoms with E-state index < -0.39 is 0 Å². The number of rotatable bonds is 6. The summed E-state index contributed by atoms with van der Waals surface area (Å²) in [6.45, 7) is 4.40. The van der Waals surface area contributed by atoms with Gasteiger partial charge in [-0.3, -0.25) is 4.99 Å². The average Bonchev–Trinajstić information content (AvgIpc) is 3.22. The summed E-state index contributed by atoms with van der Waals surface area (Å²) in [6, 6.07) is 17.3. The normalized spacial score (nSPS) is 12.5. The van der Waals surface area contributed by atoms with Crippen LogP contribution in [0.25, 0.3) is 22.6 Å². The lowest BCUT2D eigenvalue weighted by Crippen LogP contribution is -1.90. The van der Waals surface area contributed by atoms with E-state index in [0.717, 1.165) is 33.2 Å². The Morgan fingerprint density at radius 3 is 2.65 bits per heavy atom. The molecule has 0 saturated heterocycles. The maximum Gasteiger partial charge on any atom is 0.227 e. The molecule has 0 bridgehead atoms. The van der Waals surface area contributed by atoms with E-state index >= 15 is 0 Å². The molecule has 0 aliphatic carbocycles. The number of hydrogen-bond donors (Lipinski definition) is 1. The van der Waals surface area contributed by atoms with E-state index in [2.05, 4.69) is 51.9 Å². The van der Waals surface area contributed by atoms with Crippen LogP contribution in [-0.2, 0) is 0 Å². The molecule has 6 heteroatoms. The predicted molar refractivity (Wildman–Crippen MR) is 128 cm³/mol. The number of oxazole rings is 1. The lowest BCUT2D eigenvalue weighted by atomic mass is 9.98. The van der Waals surface area contributed by atoms with Gasteiger partial charge in [-0.15, -0.1) is 0 Å². The molecule has 158 valence electrons. The van der Waals surface area contributed by atoms with E-state index in [4.69, 9.17) is 9.15 Å². The summed E-state index contributed by atoms with van der Waals surface area (Å²) in [5.41, 5.74) is 5.11. The Hall–Kier alpha value is -3.12. The van der Waals surface area contributed by atoms with Crippen molar-refractivity contribution in [1.82, 2.24) is 4.98 Å². The van der Waals surface area contributed by atoms with Crippen LogP contribution in [0.4, 0.5) is 5.69 Å². The molecule has 0 unspecified atom stereocenters. The molecule has 0 saturated carbocycles. The van der Waals surface area contributed by atoms with Crippen molar-refractivity contribution in [3.8, 4) is 23.0 Å². The van der Waals surface area contributed by atoms with Crippen molar-refractivity contribution in [2.45, 2.75) is 26.2 Å². The second-order valence-corrected chi connectivity index (χ2v) is 8.32. The molecule has 0 radical (unpaired) electrons. The van der Waals surface area contributed by atoms with Gasteiger partial charge in [0, 0.05) is 21.8 Å². The molecule has 4 rings (SSSR count). The van der Waals surface area contributed by atoms with Crippen LogP contribution < -0.4 is 4.74 Å². The van der Waals surface area contributed by atoms with E-state index in [1.165, 1.54) is 12.7 Å². The zero-order valence-electron chi connectivity index (χ0n) is 17.6. The van der Waals surface area contributed by atoms with E-state index in [1.807, 2.05) is 30.3 Å². The minimum atomic E-state index is 0.0503. The molecule has 1 heterocycles. The van der Waals surface area contributed by atoms with Crippen molar-refractivity contribution < 1.29 is 14.3 Å². The van der Waals surface area contributed by atoms with Crippen LogP contribution in [0.1, 0.15) is 37.3 Å². The SMILES string of the molecule is CC[C@H](C)c1ccc2oc(-c3ccc(N=Cc4cc(Br)cc(OC)c4O)cc3)nc2c1. The quantitative estimate of drug-likeness (QED) is 0.296. The maximum absolute atomic E-state index is 10.3. The summed E-state index contributed by atoms with van der Waals surface area (Å²) in [6.07, 6.45) is 2.69. The van der Waals surface area contributed by atoms with Gasteiger partial charge in [-0.25, -0.2) is 4.98 Å². The highest BCUT2D eigenvalue weighted by Crippen LogP contribution is 2.33. The van der Waals surface area contributed by atoms with Gasteiger partial charge in [-0.05, 0) is 66.4 Å². The van der Waals surface area contributed by atoms with Crippen molar-refractivity contribution in [2.75, 3.05) is 7.11 Å². The Kier molecular flexibility index (Phi) is 6.09. The molecular weight excluding hydrogens is 456 g/mol. The van der Waals surface area contributed by atoms with Gasteiger partial charge in [0.25, 0.3) is 0 Å². The van der Waals surface area contributed by atoms with Crippen molar-refractivity contribution in [3.05, 3.63) is 70.2 Å². The Morgan fingerprint density at radius 1 is 1.16 bits per heavy atom. The zero-order chi connectivity index (χ0) is 22.0. The van der Waals surface area contributed by atoms with Gasteiger partial charge in [0.15, 0.2) is 17.1 Å². The number of aliphatic imine (C=N–C) groups is 1. The van der Waals surface area contributed by atoms with Gasteiger partial charge < -0.3 is 14.3 Å². The number of halogens is 1. The number of benzene rings is 3. The number of phenols is 1. The summed E-state index contributed by atoms with van der Waals surface area (Å²) >= 11 is 3.41. The fourth-order valence-electron chi connectivity index (χ4n) is 3.29. The van der Waals surface area contributed by atoms with Gasteiger partial charge in [0.1, 0.15) is 5.52 Å². The molecular formula is C25H23BrN2O3. The number of fused-ring (bicyclic) bond motifs is 1. The second kappa shape index (κ2) is 8.94. The summed E-state index contributed by atoms with van der Waals surface area (Å²) in [5, 5.41) is 10.3. The first-order chi connectivity index (χ1) is 15.0. The summed E-state index contributed by atoms with van der Waals surface area (Å²) in [7, 11) is 1.51. The fourth-order valence-corrected chi connectivity index (χ4v) is 3.75. The standard InChI is InChI=1S/C25H23BrN2O3/c1-4-15(2)17-7-10-22-21(12-17)28-25(31-22)16-5-8-20(9-6-16)27-14-18-11-19(26)13-23(30-3)24(18)29/h5-15,29H,4H2,1-3H3/t15-/m0/s1. The highest BCUT2D eigenvalue weighted by atomic mass is 79.9. The third-order valence-corrected chi connectivity index (χ3v) is 5.81. The number of aromatic hydroxyl groups is 1. The van der Waals surface area contributed by atoms with Gasteiger partial charge in [-0.1, -0.05) is 35.8 Å². The first kappa shape index (κ1) is 21.1. The Labute approximate surface area is 189 Å². The van der Waals surface area contributed by atoms with Crippen molar-refractivity contribution >= 4 is 38.9 Å². The van der Waals surface area contributed by atoms with Gasteiger partial charge in [0.05, 0.1) is 12.8 Å². The largest absolute Gasteiger partial charge is 0.504 e. The molecule has 0 amide bonds. The van der Waals surface area contributed by atoms with E-state index in [9.17, 15) is 5.11 Å². The van der Waals surface area contributed by atoms with Crippen molar-refractivity contribution in [2.24, 2.45) is 4.99 Å². The van der Waals surface area contributed by atoms with Crippen LogP contribution in [0.5, 0.6) is 11.5 Å². The summed E-state index contributed by atoms with van der Waals surface area (Å²) in [4.78, 5) is 9.13. The number of phenolic OH excluding ortho intramolecular Hbond substituents is 1. The molecule has 1 N–H and O–H groups in total. The third-order valence-electron chi connectivity index (χ3n) is 5.35. The lowest BCUT2D eigenvalue weighted by Gasteiger charge is -2.07. The molecule has 0 aliphatic rings. The first-order valence-corrected chi connectivity index (χ1v) is 10.9. The number of nitrogens with zero attached hydrogens (tertiary/aromatic N) is 2. The van der Waals surface area contributed by atoms with E-state index in [0.29, 0.717) is 23.1 Å². The molecule has 0 spiro atoms. The Bertz CT molecular complexity index is 1250. The monoisotopic (exact) mass is 478 g/mol. The molecule has 0 fully saturated rings. The minimum absolute atomic E-state index is 0.0503. The smallest absolute Gasteiger partial charge is 0.227 e. The number of methoxy groups -OCH3 is 1. The highest BCUT2D eigenvalue weighted by Gasteiger charge is 2.11. The molecule has 3 aromatic carbocycles. The predicted octanol–water partition coefficient (Wildman–Crippen LogP) is 7.24. The molecule has 31 heavy (non-hydrogen) atoms. The van der Waals surface area contributed by atoms with Crippen LogP contribution in [0.2, 0.25) is 0 Å². The molecule has 1 aromatic heterocycles.